The van der Waals surface area contributed by atoms with E-state index in [4.69, 9.17) is 16.7 Å². The Balaban J connectivity index is 2.12. The van der Waals surface area contributed by atoms with Crippen molar-refractivity contribution in [1.29, 1.82) is 0 Å². The van der Waals surface area contributed by atoms with Crippen molar-refractivity contribution in [2.75, 3.05) is 0 Å². The minimum Gasteiger partial charge on any atom is -0.481 e. The van der Waals surface area contributed by atoms with E-state index in [1.807, 2.05) is 41.7 Å². The molecule has 0 saturated carbocycles. The first-order valence-corrected chi connectivity index (χ1v) is 9.62. The number of halogens is 1. The second-order valence-electron chi connectivity index (χ2n) is 6.17. The van der Waals surface area contributed by atoms with Crippen LogP contribution < -0.4 is 5.56 Å². The molecule has 2 heterocycles. The van der Waals surface area contributed by atoms with Crippen LogP contribution in [-0.2, 0) is 17.6 Å². The highest BCUT2D eigenvalue weighted by atomic mass is 35.5. The van der Waals surface area contributed by atoms with Crippen molar-refractivity contribution >= 4 is 44.1 Å². The number of aromatic nitrogens is 2. The van der Waals surface area contributed by atoms with Crippen LogP contribution in [0.2, 0.25) is 5.02 Å². The molecule has 0 unspecified atom stereocenters. The van der Waals surface area contributed by atoms with Crippen LogP contribution in [0, 0.1) is 0 Å². The minimum absolute atomic E-state index is 0.0489. The smallest absolute Gasteiger partial charge is 0.307 e. The van der Waals surface area contributed by atoms with Gasteiger partial charge in [0.2, 0.25) is 0 Å². The zero-order chi connectivity index (χ0) is 19.1. The summed E-state index contributed by atoms with van der Waals surface area (Å²) >= 11 is 7.81. The first-order chi connectivity index (χ1) is 13.0. The lowest BCUT2D eigenvalue weighted by Gasteiger charge is -2.12. The number of carbonyl (C=O) groups is 1. The Kier molecular flexibility index (Phi) is 4.45. The molecule has 2 aromatic carbocycles. The Hall–Kier alpha value is -2.70. The van der Waals surface area contributed by atoms with Gasteiger partial charge in [0.05, 0.1) is 22.3 Å². The number of nitrogens with zero attached hydrogens (tertiary/aromatic N) is 2. The molecular formula is C20H15ClN2O3S. The molecule has 0 radical (unpaired) electrons. The van der Waals surface area contributed by atoms with Gasteiger partial charge in [-0.25, -0.2) is 0 Å². The normalized spacial score (nSPS) is 11.3. The van der Waals surface area contributed by atoms with E-state index < -0.39 is 5.97 Å². The summed E-state index contributed by atoms with van der Waals surface area (Å²) in [6.07, 6.45) is 0.483. The molecule has 7 heteroatoms. The summed E-state index contributed by atoms with van der Waals surface area (Å²) < 4.78 is 2.83. The number of rotatable bonds is 4. The SMILES string of the molecule is CCc1c(-c2ccccc2Cl)n2c(nc1=O)sc1cc(CC(=O)O)ccc12. The number of carboxylic acid groups (broad SMARTS) is 1. The van der Waals surface area contributed by atoms with Gasteiger partial charge in [-0.05, 0) is 30.2 Å². The fourth-order valence-electron chi connectivity index (χ4n) is 3.29. The number of hydrogen-bond donors (Lipinski definition) is 1. The van der Waals surface area contributed by atoms with Gasteiger partial charge in [0.1, 0.15) is 0 Å². The number of benzene rings is 2. The van der Waals surface area contributed by atoms with E-state index in [9.17, 15) is 9.59 Å². The molecule has 0 aliphatic carbocycles. The Morgan fingerprint density at radius 1 is 1.26 bits per heavy atom. The number of thiazole rings is 1. The third-order valence-electron chi connectivity index (χ3n) is 4.46. The molecule has 0 bridgehead atoms. The molecule has 0 aliphatic heterocycles. The van der Waals surface area contributed by atoms with Gasteiger partial charge in [0.15, 0.2) is 4.96 Å². The molecule has 27 heavy (non-hydrogen) atoms. The van der Waals surface area contributed by atoms with E-state index in [2.05, 4.69) is 4.98 Å². The van der Waals surface area contributed by atoms with Crippen LogP contribution in [0.3, 0.4) is 0 Å². The van der Waals surface area contributed by atoms with E-state index in [1.165, 1.54) is 11.3 Å². The van der Waals surface area contributed by atoms with Crippen LogP contribution in [0.15, 0.2) is 47.3 Å². The molecule has 1 N–H and O–H groups in total. The number of carboxylic acids is 1. The van der Waals surface area contributed by atoms with Crippen molar-refractivity contribution < 1.29 is 9.90 Å². The Morgan fingerprint density at radius 2 is 2.04 bits per heavy atom. The van der Waals surface area contributed by atoms with Gasteiger partial charge < -0.3 is 5.11 Å². The lowest BCUT2D eigenvalue weighted by molar-refractivity contribution is -0.136. The van der Waals surface area contributed by atoms with Crippen LogP contribution in [0.4, 0.5) is 0 Å². The van der Waals surface area contributed by atoms with E-state index in [1.54, 1.807) is 12.1 Å². The summed E-state index contributed by atoms with van der Waals surface area (Å²) in [7, 11) is 0. The zero-order valence-electron chi connectivity index (χ0n) is 14.4. The van der Waals surface area contributed by atoms with Gasteiger partial charge in [0.25, 0.3) is 5.56 Å². The maximum Gasteiger partial charge on any atom is 0.307 e. The predicted octanol–water partition coefficient (Wildman–Crippen LogP) is 4.42. The molecule has 4 aromatic rings. The van der Waals surface area contributed by atoms with Crippen LogP contribution in [0.5, 0.6) is 0 Å². The molecule has 0 atom stereocenters. The molecule has 5 nitrogen and oxygen atoms in total. The second-order valence-corrected chi connectivity index (χ2v) is 7.59. The molecular weight excluding hydrogens is 384 g/mol. The molecule has 0 amide bonds. The van der Waals surface area contributed by atoms with Gasteiger partial charge >= 0.3 is 5.97 Å². The second kappa shape index (κ2) is 6.79. The number of hydrogen-bond acceptors (Lipinski definition) is 4. The summed E-state index contributed by atoms with van der Waals surface area (Å²) in [6.45, 7) is 1.92. The summed E-state index contributed by atoms with van der Waals surface area (Å²) in [6, 6.07) is 12.9. The van der Waals surface area contributed by atoms with Crippen LogP contribution in [-0.4, -0.2) is 20.5 Å². The topological polar surface area (TPSA) is 71.7 Å². The average molecular weight is 399 g/mol. The van der Waals surface area contributed by atoms with Gasteiger partial charge in [-0.2, -0.15) is 4.98 Å². The predicted molar refractivity (Wildman–Crippen MR) is 108 cm³/mol. The van der Waals surface area contributed by atoms with Gasteiger partial charge in [-0.3, -0.25) is 14.0 Å². The van der Waals surface area contributed by atoms with Crippen molar-refractivity contribution in [2.45, 2.75) is 19.8 Å². The van der Waals surface area contributed by atoms with Crippen molar-refractivity contribution in [3.8, 4) is 11.3 Å². The molecule has 136 valence electrons. The highest BCUT2D eigenvalue weighted by molar-refractivity contribution is 7.23. The largest absolute Gasteiger partial charge is 0.481 e. The van der Waals surface area contributed by atoms with Crippen LogP contribution in [0.25, 0.3) is 26.4 Å². The van der Waals surface area contributed by atoms with Crippen molar-refractivity contribution in [3.63, 3.8) is 0 Å². The molecule has 0 fully saturated rings. The maximum absolute atomic E-state index is 12.6. The quantitative estimate of drug-likeness (QED) is 0.552. The summed E-state index contributed by atoms with van der Waals surface area (Å²) in [4.78, 5) is 28.5. The third-order valence-corrected chi connectivity index (χ3v) is 5.79. The van der Waals surface area contributed by atoms with Crippen molar-refractivity contribution in [3.05, 3.63) is 69.0 Å². The lowest BCUT2D eigenvalue weighted by atomic mass is 10.0. The molecule has 0 saturated heterocycles. The van der Waals surface area contributed by atoms with E-state index in [0.29, 0.717) is 27.5 Å². The fraction of sp³-hybridized carbons (Fsp3) is 0.150. The highest BCUT2D eigenvalue weighted by Gasteiger charge is 2.19. The first-order valence-electron chi connectivity index (χ1n) is 8.43. The summed E-state index contributed by atoms with van der Waals surface area (Å²) in [5.41, 5.74) is 3.45. The maximum atomic E-state index is 12.6. The highest BCUT2D eigenvalue weighted by Crippen LogP contribution is 2.35. The van der Waals surface area contributed by atoms with Crippen LogP contribution in [0.1, 0.15) is 18.1 Å². The van der Waals surface area contributed by atoms with E-state index in [0.717, 1.165) is 21.5 Å². The first kappa shape index (κ1) is 17.7. The number of fused-ring (bicyclic) bond motifs is 3. The molecule has 0 spiro atoms. The van der Waals surface area contributed by atoms with Gasteiger partial charge in [-0.15, -0.1) is 0 Å². The van der Waals surface area contributed by atoms with Gasteiger partial charge in [-0.1, -0.05) is 54.1 Å². The average Bonchev–Trinajstić information content (AvgIpc) is 2.97. The van der Waals surface area contributed by atoms with Crippen LogP contribution >= 0.6 is 22.9 Å². The van der Waals surface area contributed by atoms with Crippen molar-refractivity contribution in [1.82, 2.24) is 9.38 Å². The molecule has 2 aromatic heterocycles. The van der Waals surface area contributed by atoms with E-state index in [-0.39, 0.29) is 12.0 Å². The van der Waals surface area contributed by atoms with Crippen molar-refractivity contribution in [2.24, 2.45) is 0 Å². The molecule has 0 aliphatic rings. The fourth-order valence-corrected chi connectivity index (χ4v) is 4.60. The Labute approximate surface area is 163 Å². The zero-order valence-corrected chi connectivity index (χ0v) is 16.0. The Bertz CT molecular complexity index is 1260. The third kappa shape index (κ3) is 3.01. The standard InChI is InChI=1S/C20H15ClN2O3S/c1-2-12-18(13-5-3-4-6-14(13)21)23-15-8-7-11(10-17(24)25)9-16(15)27-20(23)22-19(12)26/h3-9H,2,10H2,1H3,(H,24,25). The molecule has 4 rings (SSSR count). The monoisotopic (exact) mass is 398 g/mol. The minimum atomic E-state index is -0.881. The summed E-state index contributed by atoms with van der Waals surface area (Å²) in [5.74, 6) is -0.881. The number of aliphatic carboxylic acids is 1. The van der Waals surface area contributed by atoms with E-state index >= 15 is 0 Å². The Morgan fingerprint density at radius 3 is 2.74 bits per heavy atom. The summed E-state index contributed by atoms with van der Waals surface area (Å²) in [5, 5.41) is 9.60. The lowest BCUT2D eigenvalue weighted by Crippen LogP contribution is -2.16. The van der Waals surface area contributed by atoms with Gasteiger partial charge in [0, 0.05) is 16.1 Å².